The van der Waals surface area contributed by atoms with E-state index in [9.17, 15) is 4.79 Å². The number of nitrogens with one attached hydrogen (secondary N) is 3. The maximum Gasteiger partial charge on any atom is 0.220 e. The molecule has 1 amide bonds. The second kappa shape index (κ2) is 14.5. The second-order valence-corrected chi connectivity index (χ2v) is 7.12. The fourth-order valence-electron chi connectivity index (χ4n) is 3.06. The first-order chi connectivity index (χ1) is 12.3. The summed E-state index contributed by atoms with van der Waals surface area (Å²) in [4.78, 5) is 16.2. The van der Waals surface area contributed by atoms with Crippen LogP contribution in [-0.2, 0) is 9.53 Å². The first-order valence-corrected chi connectivity index (χ1v) is 10.2. The van der Waals surface area contributed by atoms with Crippen molar-refractivity contribution in [1.29, 1.82) is 0 Å². The highest BCUT2D eigenvalue weighted by molar-refractivity contribution is 14.0. The van der Waals surface area contributed by atoms with Crippen LogP contribution in [0.5, 0.6) is 0 Å². The van der Waals surface area contributed by atoms with Gasteiger partial charge in [0.1, 0.15) is 0 Å². The van der Waals surface area contributed by atoms with Crippen LogP contribution in [0, 0.1) is 0 Å². The largest absolute Gasteiger partial charge is 0.378 e. The van der Waals surface area contributed by atoms with Crippen LogP contribution >= 0.6 is 24.0 Å². The Morgan fingerprint density at radius 2 is 1.85 bits per heavy atom. The van der Waals surface area contributed by atoms with Gasteiger partial charge < -0.3 is 20.7 Å². The van der Waals surface area contributed by atoms with Crippen LogP contribution < -0.4 is 16.0 Å². The summed E-state index contributed by atoms with van der Waals surface area (Å²) in [5.74, 6) is 0.998. The van der Waals surface area contributed by atoms with Crippen molar-refractivity contribution >= 4 is 35.8 Å². The lowest BCUT2D eigenvalue weighted by Crippen LogP contribution is -2.38. The Morgan fingerprint density at radius 1 is 1.08 bits per heavy atom. The van der Waals surface area contributed by atoms with Gasteiger partial charge in [0.25, 0.3) is 0 Å². The van der Waals surface area contributed by atoms with E-state index >= 15 is 0 Å². The van der Waals surface area contributed by atoms with Crippen LogP contribution in [0.15, 0.2) is 4.99 Å². The molecule has 0 aromatic rings. The predicted molar refractivity (Wildman–Crippen MR) is 117 cm³/mol. The molecule has 26 heavy (non-hydrogen) atoms. The number of hydrogen-bond donors (Lipinski definition) is 3. The molecule has 0 atom stereocenters. The standard InChI is InChI=1S/C19H36N4O2.HI/c1-2-20-19(21-13-6-10-18(24)23-16-11-12-16)22-14-7-15-25-17-8-4-3-5-9-17;/h16-17H,2-15H2,1H3,(H,23,24)(H2,20,21,22);1H. The number of carbonyl (C=O) groups is 1. The van der Waals surface area contributed by atoms with E-state index in [0.717, 1.165) is 51.3 Å². The predicted octanol–water partition coefficient (Wildman–Crippen LogP) is 2.96. The Balaban J connectivity index is 0.00000338. The molecule has 2 saturated carbocycles. The van der Waals surface area contributed by atoms with Gasteiger partial charge in [0, 0.05) is 38.7 Å². The minimum atomic E-state index is 0. The van der Waals surface area contributed by atoms with Gasteiger partial charge in [0.15, 0.2) is 5.96 Å². The number of halogens is 1. The van der Waals surface area contributed by atoms with Crippen molar-refractivity contribution in [3.05, 3.63) is 0 Å². The quantitative estimate of drug-likeness (QED) is 0.184. The molecule has 0 bridgehead atoms. The van der Waals surface area contributed by atoms with Crippen LogP contribution in [-0.4, -0.2) is 50.3 Å². The molecule has 3 N–H and O–H groups in total. The van der Waals surface area contributed by atoms with E-state index in [-0.39, 0.29) is 29.9 Å². The molecule has 0 radical (unpaired) electrons. The third-order valence-corrected chi connectivity index (χ3v) is 4.64. The molecule has 7 heteroatoms. The minimum Gasteiger partial charge on any atom is -0.378 e. The Morgan fingerprint density at radius 3 is 2.54 bits per heavy atom. The maximum absolute atomic E-state index is 11.6. The van der Waals surface area contributed by atoms with Crippen molar-refractivity contribution in [2.24, 2.45) is 4.99 Å². The van der Waals surface area contributed by atoms with E-state index in [4.69, 9.17) is 4.74 Å². The Kier molecular flexibility index (Phi) is 13.1. The summed E-state index contributed by atoms with van der Waals surface area (Å²) in [5, 5.41) is 9.61. The average Bonchev–Trinajstić information content (AvgIpc) is 3.43. The molecule has 2 fully saturated rings. The lowest BCUT2D eigenvalue weighted by Gasteiger charge is -2.22. The third kappa shape index (κ3) is 11.2. The SMILES string of the molecule is CCNC(=NCCCC(=O)NC1CC1)NCCCOC1CCCCC1.I. The second-order valence-electron chi connectivity index (χ2n) is 7.12. The molecule has 0 aliphatic heterocycles. The normalized spacial score (nSPS) is 18.1. The molecule has 0 spiro atoms. The highest BCUT2D eigenvalue weighted by atomic mass is 127. The summed E-state index contributed by atoms with van der Waals surface area (Å²) in [6.45, 7) is 5.25. The van der Waals surface area contributed by atoms with Gasteiger partial charge in [0.2, 0.25) is 5.91 Å². The fourth-order valence-corrected chi connectivity index (χ4v) is 3.06. The summed E-state index contributed by atoms with van der Waals surface area (Å²) in [5.41, 5.74) is 0. The third-order valence-electron chi connectivity index (χ3n) is 4.64. The van der Waals surface area contributed by atoms with Crippen molar-refractivity contribution in [2.75, 3.05) is 26.2 Å². The maximum atomic E-state index is 11.6. The highest BCUT2D eigenvalue weighted by Gasteiger charge is 2.22. The smallest absolute Gasteiger partial charge is 0.220 e. The molecule has 6 nitrogen and oxygen atoms in total. The van der Waals surface area contributed by atoms with E-state index in [2.05, 4.69) is 27.9 Å². The summed E-state index contributed by atoms with van der Waals surface area (Å²) >= 11 is 0. The van der Waals surface area contributed by atoms with Gasteiger partial charge >= 0.3 is 0 Å². The lowest BCUT2D eigenvalue weighted by atomic mass is 9.98. The molecule has 2 aliphatic carbocycles. The van der Waals surface area contributed by atoms with Gasteiger partial charge in [0.05, 0.1) is 6.10 Å². The highest BCUT2D eigenvalue weighted by Crippen LogP contribution is 2.20. The molecular weight excluding hydrogens is 443 g/mol. The summed E-state index contributed by atoms with van der Waals surface area (Å²) in [6.07, 6.45) is 11.6. The van der Waals surface area contributed by atoms with Crippen LogP contribution in [0.2, 0.25) is 0 Å². The zero-order valence-electron chi connectivity index (χ0n) is 16.2. The van der Waals surface area contributed by atoms with E-state index in [1.807, 2.05) is 0 Å². The Labute approximate surface area is 175 Å². The Bertz CT molecular complexity index is 410. The molecule has 0 saturated heterocycles. The van der Waals surface area contributed by atoms with Crippen molar-refractivity contribution < 1.29 is 9.53 Å². The zero-order valence-corrected chi connectivity index (χ0v) is 18.6. The molecule has 0 aromatic carbocycles. The number of amides is 1. The zero-order chi connectivity index (χ0) is 17.7. The molecule has 0 heterocycles. The number of carbonyl (C=O) groups excluding carboxylic acids is 1. The van der Waals surface area contributed by atoms with Gasteiger partial charge in [-0.25, -0.2) is 0 Å². The molecule has 2 aliphatic rings. The van der Waals surface area contributed by atoms with E-state index in [1.54, 1.807) is 0 Å². The Hall–Kier alpha value is -0.570. The van der Waals surface area contributed by atoms with Crippen molar-refractivity contribution in [2.45, 2.75) is 83.3 Å². The minimum absolute atomic E-state index is 0. The molecule has 2 rings (SSSR count). The van der Waals surface area contributed by atoms with Crippen LogP contribution in [0.4, 0.5) is 0 Å². The monoisotopic (exact) mass is 480 g/mol. The molecule has 0 aromatic heterocycles. The number of aliphatic imine (C=N–C) groups is 1. The summed E-state index contributed by atoms with van der Waals surface area (Å²) in [6, 6.07) is 0.450. The van der Waals surface area contributed by atoms with Crippen molar-refractivity contribution in [3.63, 3.8) is 0 Å². The fraction of sp³-hybridized carbons (Fsp3) is 0.895. The van der Waals surface area contributed by atoms with Crippen LogP contribution in [0.3, 0.4) is 0 Å². The van der Waals surface area contributed by atoms with Crippen molar-refractivity contribution in [3.8, 4) is 0 Å². The number of guanidine groups is 1. The first-order valence-electron chi connectivity index (χ1n) is 10.2. The lowest BCUT2D eigenvalue weighted by molar-refractivity contribution is -0.121. The van der Waals surface area contributed by atoms with E-state index < -0.39 is 0 Å². The average molecular weight is 480 g/mol. The number of nitrogens with zero attached hydrogens (tertiary/aromatic N) is 1. The van der Waals surface area contributed by atoms with E-state index in [1.165, 1.54) is 32.1 Å². The van der Waals surface area contributed by atoms with Gasteiger partial charge in [-0.15, -0.1) is 24.0 Å². The van der Waals surface area contributed by atoms with Crippen LogP contribution in [0.25, 0.3) is 0 Å². The van der Waals surface area contributed by atoms with E-state index in [0.29, 0.717) is 25.1 Å². The van der Waals surface area contributed by atoms with Gasteiger partial charge in [-0.3, -0.25) is 9.79 Å². The molecule has 152 valence electrons. The number of hydrogen-bond acceptors (Lipinski definition) is 3. The molecular formula is C19H37IN4O2. The van der Waals surface area contributed by atoms with Crippen LogP contribution in [0.1, 0.15) is 71.1 Å². The van der Waals surface area contributed by atoms with Crippen molar-refractivity contribution in [1.82, 2.24) is 16.0 Å². The topological polar surface area (TPSA) is 74.8 Å². The van der Waals surface area contributed by atoms with Gasteiger partial charge in [-0.1, -0.05) is 19.3 Å². The first kappa shape index (κ1) is 23.5. The number of rotatable bonds is 11. The summed E-state index contributed by atoms with van der Waals surface area (Å²) in [7, 11) is 0. The number of ether oxygens (including phenoxy) is 1. The molecule has 0 unspecified atom stereocenters. The van der Waals surface area contributed by atoms with Gasteiger partial charge in [-0.2, -0.15) is 0 Å². The van der Waals surface area contributed by atoms with Gasteiger partial charge in [-0.05, 0) is 45.4 Å². The summed E-state index contributed by atoms with van der Waals surface area (Å²) < 4.78 is 5.94.